The second-order valence-corrected chi connectivity index (χ2v) is 6.72. The fourth-order valence-electron chi connectivity index (χ4n) is 3.22. The zero-order chi connectivity index (χ0) is 20.2. The van der Waals surface area contributed by atoms with Crippen LogP contribution in [-0.2, 0) is 16.1 Å². The zero-order valence-electron chi connectivity index (χ0n) is 16.1. The number of benzene rings is 1. The van der Waals surface area contributed by atoms with Crippen molar-refractivity contribution in [3.05, 3.63) is 40.9 Å². The molecule has 10 nitrogen and oxygen atoms in total. The van der Waals surface area contributed by atoms with Crippen molar-refractivity contribution >= 4 is 17.1 Å². The lowest BCUT2D eigenvalue weighted by Crippen LogP contribution is -2.36. The molecule has 10 heteroatoms. The molecule has 1 aliphatic heterocycles. The molecule has 0 bridgehead atoms. The minimum absolute atomic E-state index is 0.0466. The lowest BCUT2D eigenvalue weighted by atomic mass is 10.2. The number of ether oxygens (including phenoxy) is 2. The minimum Gasteiger partial charge on any atom is -0.494 e. The van der Waals surface area contributed by atoms with E-state index in [0.29, 0.717) is 24.5 Å². The largest absolute Gasteiger partial charge is 0.494 e. The molecule has 1 aromatic carbocycles. The highest BCUT2D eigenvalue weighted by Crippen LogP contribution is 2.17. The maximum absolute atomic E-state index is 12.7. The Kier molecular flexibility index (Phi) is 5.52. The average Bonchev–Trinajstić information content (AvgIpc) is 3.39. The summed E-state index contributed by atoms with van der Waals surface area (Å²) in [4.78, 5) is 29.1. The Labute approximate surface area is 166 Å². The van der Waals surface area contributed by atoms with Crippen LogP contribution in [0.3, 0.4) is 0 Å². The van der Waals surface area contributed by atoms with Gasteiger partial charge in [-0.25, -0.2) is 4.98 Å². The summed E-state index contributed by atoms with van der Waals surface area (Å²) in [6.45, 7) is 3.52. The molecule has 1 amide bonds. The molecule has 0 spiro atoms. The molecule has 3 heterocycles. The molecule has 1 atom stereocenters. The fraction of sp³-hybridized carbons (Fsp3) is 0.421. The predicted octanol–water partition coefficient (Wildman–Crippen LogP) is 0.671. The Bertz CT molecular complexity index is 1050. The number of rotatable bonds is 7. The molecule has 1 fully saturated rings. The van der Waals surface area contributed by atoms with Crippen LogP contribution >= 0.6 is 0 Å². The Morgan fingerprint density at radius 3 is 2.90 bits per heavy atom. The van der Waals surface area contributed by atoms with E-state index in [0.717, 1.165) is 25.2 Å². The molecular formula is C19H22N6O4. The molecule has 1 N–H and O–H groups in total. The van der Waals surface area contributed by atoms with Gasteiger partial charge in [-0.15, -0.1) is 5.10 Å². The number of aromatic nitrogens is 5. The molecule has 4 rings (SSSR count). The molecule has 29 heavy (non-hydrogen) atoms. The second kappa shape index (κ2) is 8.39. The Morgan fingerprint density at radius 2 is 2.17 bits per heavy atom. The molecule has 3 aromatic rings. The molecule has 0 saturated carbocycles. The molecule has 1 saturated heterocycles. The van der Waals surface area contributed by atoms with E-state index in [1.807, 2.05) is 31.2 Å². The van der Waals surface area contributed by atoms with Gasteiger partial charge in [0.2, 0.25) is 5.91 Å². The van der Waals surface area contributed by atoms with Gasteiger partial charge < -0.3 is 14.8 Å². The van der Waals surface area contributed by atoms with E-state index in [1.165, 1.54) is 15.6 Å². The van der Waals surface area contributed by atoms with Gasteiger partial charge in [-0.2, -0.15) is 4.68 Å². The Morgan fingerprint density at radius 1 is 1.34 bits per heavy atom. The highest BCUT2D eigenvalue weighted by Gasteiger charge is 2.18. The summed E-state index contributed by atoms with van der Waals surface area (Å²) in [7, 11) is 0. The van der Waals surface area contributed by atoms with Crippen LogP contribution in [-0.4, -0.2) is 56.3 Å². The minimum atomic E-state index is -0.417. The van der Waals surface area contributed by atoms with E-state index in [-0.39, 0.29) is 24.1 Å². The quantitative estimate of drug-likeness (QED) is 0.622. The van der Waals surface area contributed by atoms with E-state index in [9.17, 15) is 9.59 Å². The van der Waals surface area contributed by atoms with Gasteiger partial charge in [-0.3, -0.25) is 14.2 Å². The first-order chi connectivity index (χ1) is 14.2. The summed E-state index contributed by atoms with van der Waals surface area (Å²) in [5, 5.41) is 10.8. The standard InChI is InChI=1S/C19H22N6O4/c1-2-28-14-7-5-13(6-8-14)25-18-17(22-23-25)19(27)24(12-21-18)11-16(26)20-10-15-4-3-9-29-15/h5-8,12,15H,2-4,9-11H2,1H3,(H,20,26). The molecule has 0 aliphatic carbocycles. The summed E-state index contributed by atoms with van der Waals surface area (Å²) >= 11 is 0. The molecule has 152 valence electrons. The number of hydrogen-bond donors (Lipinski definition) is 1. The molecule has 0 radical (unpaired) electrons. The van der Waals surface area contributed by atoms with Gasteiger partial charge in [0.1, 0.15) is 18.6 Å². The van der Waals surface area contributed by atoms with Crippen LogP contribution in [0, 0.1) is 0 Å². The normalized spacial score (nSPS) is 16.2. The maximum Gasteiger partial charge on any atom is 0.284 e. The third-order valence-corrected chi connectivity index (χ3v) is 4.69. The van der Waals surface area contributed by atoms with Crippen molar-refractivity contribution in [1.29, 1.82) is 0 Å². The third kappa shape index (κ3) is 4.11. The first-order valence-corrected chi connectivity index (χ1v) is 9.58. The van der Waals surface area contributed by atoms with E-state index in [4.69, 9.17) is 9.47 Å². The number of hydrogen-bond acceptors (Lipinski definition) is 7. The third-order valence-electron chi connectivity index (χ3n) is 4.69. The van der Waals surface area contributed by atoms with E-state index in [1.54, 1.807) is 0 Å². The van der Waals surface area contributed by atoms with Crippen LogP contribution in [0.1, 0.15) is 19.8 Å². The molecule has 2 aromatic heterocycles. The van der Waals surface area contributed by atoms with Crippen LogP contribution in [0.15, 0.2) is 35.4 Å². The number of nitrogens with one attached hydrogen (secondary N) is 1. The van der Waals surface area contributed by atoms with Gasteiger partial charge in [-0.05, 0) is 44.0 Å². The van der Waals surface area contributed by atoms with Gasteiger partial charge in [0.15, 0.2) is 11.2 Å². The first kappa shape index (κ1) is 19.1. The van der Waals surface area contributed by atoms with Crippen molar-refractivity contribution in [3.8, 4) is 11.4 Å². The van der Waals surface area contributed by atoms with E-state index in [2.05, 4.69) is 20.6 Å². The van der Waals surface area contributed by atoms with Crippen molar-refractivity contribution in [2.75, 3.05) is 19.8 Å². The SMILES string of the molecule is CCOc1ccc(-n2nnc3c(=O)n(CC(=O)NCC4CCCO4)cnc32)cc1. The van der Waals surface area contributed by atoms with Gasteiger partial charge in [0.25, 0.3) is 5.56 Å². The van der Waals surface area contributed by atoms with Crippen LogP contribution in [0.2, 0.25) is 0 Å². The summed E-state index contributed by atoms with van der Waals surface area (Å²) < 4.78 is 13.6. The molecular weight excluding hydrogens is 376 g/mol. The number of carbonyl (C=O) groups is 1. The number of carbonyl (C=O) groups excluding carboxylic acids is 1. The molecule has 1 aliphatic rings. The summed E-state index contributed by atoms with van der Waals surface area (Å²) in [6.07, 6.45) is 3.32. The molecule has 1 unspecified atom stereocenters. The summed E-state index contributed by atoms with van der Waals surface area (Å²) in [5.74, 6) is 0.465. The van der Waals surface area contributed by atoms with Crippen molar-refractivity contribution in [1.82, 2.24) is 29.9 Å². The predicted molar refractivity (Wildman–Crippen MR) is 104 cm³/mol. The fourth-order valence-corrected chi connectivity index (χ4v) is 3.22. The first-order valence-electron chi connectivity index (χ1n) is 9.58. The number of fused-ring (bicyclic) bond motifs is 1. The Hall–Kier alpha value is -3.27. The summed E-state index contributed by atoms with van der Waals surface area (Å²) in [5.41, 5.74) is 0.720. The maximum atomic E-state index is 12.7. The van der Waals surface area contributed by atoms with Crippen molar-refractivity contribution in [2.45, 2.75) is 32.4 Å². The monoisotopic (exact) mass is 398 g/mol. The van der Waals surface area contributed by atoms with E-state index < -0.39 is 5.56 Å². The highest BCUT2D eigenvalue weighted by molar-refractivity contribution is 5.76. The van der Waals surface area contributed by atoms with Gasteiger partial charge in [-0.1, -0.05) is 5.21 Å². The zero-order valence-corrected chi connectivity index (χ0v) is 16.1. The van der Waals surface area contributed by atoms with Crippen molar-refractivity contribution in [2.24, 2.45) is 0 Å². The smallest absolute Gasteiger partial charge is 0.284 e. The van der Waals surface area contributed by atoms with Crippen LogP contribution in [0.25, 0.3) is 16.9 Å². The number of amides is 1. The average molecular weight is 398 g/mol. The van der Waals surface area contributed by atoms with Gasteiger partial charge >= 0.3 is 0 Å². The highest BCUT2D eigenvalue weighted by atomic mass is 16.5. The van der Waals surface area contributed by atoms with Crippen LogP contribution in [0.5, 0.6) is 5.75 Å². The topological polar surface area (TPSA) is 113 Å². The van der Waals surface area contributed by atoms with Gasteiger partial charge in [0.05, 0.1) is 18.4 Å². The number of nitrogens with zero attached hydrogens (tertiary/aromatic N) is 5. The van der Waals surface area contributed by atoms with Crippen LogP contribution < -0.4 is 15.6 Å². The second-order valence-electron chi connectivity index (χ2n) is 6.72. The Balaban J connectivity index is 1.51. The van der Waals surface area contributed by atoms with Gasteiger partial charge in [0, 0.05) is 13.2 Å². The van der Waals surface area contributed by atoms with Crippen molar-refractivity contribution < 1.29 is 14.3 Å². The van der Waals surface area contributed by atoms with E-state index >= 15 is 0 Å². The van der Waals surface area contributed by atoms with Crippen molar-refractivity contribution in [3.63, 3.8) is 0 Å². The lowest BCUT2D eigenvalue weighted by Gasteiger charge is -2.11. The van der Waals surface area contributed by atoms with Crippen LogP contribution in [0.4, 0.5) is 0 Å². The lowest BCUT2D eigenvalue weighted by molar-refractivity contribution is -0.122. The summed E-state index contributed by atoms with van der Waals surface area (Å²) in [6, 6.07) is 7.24.